The molecule has 0 radical (unpaired) electrons. The summed E-state index contributed by atoms with van der Waals surface area (Å²) in [5, 5.41) is 9.01. The maximum Gasteiger partial charge on any atom is 0.141 e. The molecule has 0 bridgehead atoms. The fraction of sp³-hybridized carbons (Fsp3) is 0.0769. The molecule has 2 aromatic rings. The van der Waals surface area contributed by atoms with Gasteiger partial charge in [0.15, 0.2) is 0 Å². The highest BCUT2D eigenvalue weighted by Gasteiger charge is 2.06. The summed E-state index contributed by atoms with van der Waals surface area (Å²) in [7, 11) is 0. The van der Waals surface area contributed by atoms with Gasteiger partial charge in [-0.25, -0.2) is 4.98 Å². The van der Waals surface area contributed by atoms with Gasteiger partial charge in [0.1, 0.15) is 11.9 Å². The minimum absolute atomic E-state index is 0.302. The van der Waals surface area contributed by atoms with Crippen molar-refractivity contribution in [2.45, 2.75) is 6.42 Å². The van der Waals surface area contributed by atoms with Crippen LogP contribution in [0.1, 0.15) is 16.7 Å². The second-order valence-corrected chi connectivity index (χ2v) is 3.50. The number of hydrogen-bond acceptors (Lipinski definition) is 3. The van der Waals surface area contributed by atoms with Crippen molar-refractivity contribution < 1.29 is 0 Å². The normalized spacial score (nSPS) is 9.69. The first-order valence-corrected chi connectivity index (χ1v) is 4.98. The van der Waals surface area contributed by atoms with Crippen molar-refractivity contribution in [1.29, 1.82) is 5.26 Å². The Morgan fingerprint density at radius 2 is 1.94 bits per heavy atom. The molecule has 78 valence electrons. The van der Waals surface area contributed by atoms with E-state index in [0.717, 1.165) is 11.1 Å². The predicted molar refractivity (Wildman–Crippen MR) is 62.6 cm³/mol. The van der Waals surface area contributed by atoms with Crippen molar-refractivity contribution >= 4 is 5.82 Å². The van der Waals surface area contributed by atoms with E-state index in [9.17, 15) is 0 Å². The third kappa shape index (κ3) is 2.01. The molecule has 0 atom stereocenters. The molecule has 0 spiro atoms. The number of nitrogen functional groups attached to an aromatic ring is 1. The Bertz CT molecular complexity index is 527. The third-order valence-electron chi connectivity index (χ3n) is 2.42. The Morgan fingerprint density at radius 1 is 1.19 bits per heavy atom. The van der Waals surface area contributed by atoms with Crippen molar-refractivity contribution in [3.05, 3.63) is 59.3 Å². The van der Waals surface area contributed by atoms with Gasteiger partial charge in [-0.05, 0) is 23.6 Å². The number of benzene rings is 1. The Labute approximate surface area is 94.2 Å². The zero-order valence-corrected chi connectivity index (χ0v) is 8.72. The van der Waals surface area contributed by atoms with Gasteiger partial charge in [-0.15, -0.1) is 0 Å². The van der Waals surface area contributed by atoms with E-state index < -0.39 is 0 Å². The lowest BCUT2D eigenvalue weighted by molar-refractivity contribution is 1.15. The standard InChI is InChI=1S/C13H11N3/c14-9-12-11(6-7-16-13(12)15)8-10-4-2-1-3-5-10/h1-7H,8H2,(H2,15,16). The fourth-order valence-corrected chi connectivity index (χ4v) is 1.61. The van der Waals surface area contributed by atoms with Crippen LogP contribution < -0.4 is 5.73 Å². The first-order valence-electron chi connectivity index (χ1n) is 4.98. The lowest BCUT2D eigenvalue weighted by Gasteiger charge is -2.05. The Morgan fingerprint density at radius 3 is 2.62 bits per heavy atom. The van der Waals surface area contributed by atoms with Crippen LogP contribution in [0.2, 0.25) is 0 Å². The molecule has 2 rings (SSSR count). The minimum atomic E-state index is 0.302. The lowest BCUT2D eigenvalue weighted by Crippen LogP contribution is -2.00. The smallest absolute Gasteiger partial charge is 0.141 e. The van der Waals surface area contributed by atoms with Crippen LogP contribution in [0.25, 0.3) is 0 Å². The van der Waals surface area contributed by atoms with Gasteiger partial charge < -0.3 is 5.73 Å². The lowest BCUT2D eigenvalue weighted by atomic mass is 10.0. The van der Waals surface area contributed by atoms with Crippen LogP contribution in [-0.4, -0.2) is 4.98 Å². The average molecular weight is 209 g/mol. The van der Waals surface area contributed by atoms with E-state index in [1.165, 1.54) is 0 Å². The zero-order valence-electron chi connectivity index (χ0n) is 8.72. The molecule has 1 aromatic heterocycles. The highest BCUT2D eigenvalue weighted by molar-refractivity contribution is 5.53. The molecule has 0 aliphatic carbocycles. The highest BCUT2D eigenvalue weighted by atomic mass is 14.8. The Kier molecular flexibility index (Phi) is 2.84. The maximum absolute atomic E-state index is 9.01. The van der Waals surface area contributed by atoms with Crippen LogP contribution in [0.3, 0.4) is 0 Å². The van der Waals surface area contributed by atoms with E-state index in [1.807, 2.05) is 36.4 Å². The van der Waals surface area contributed by atoms with Crippen molar-refractivity contribution in [3.63, 3.8) is 0 Å². The monoisotopic (exact) mass is 209 g/mol. The summed E-state index contributed by atoms with van der Waals surface area (Å²) >= 11 is 0. The summed E-state index contributed by atoms with van der Waals surface area (Å²) in [6, 6.07) is 13.9. The summed E-state index contributed by atoms with van der Waals surface area (Å²) in [5.74, 6) is 0.302. The summed E-state index contributed by atoms with van der Waals surface area (Å²) in [5.41, 5.74) is 8.20. The van der Waals surface area contributed by atoms with Gasteiger partial charge in [-0.1, -0.05) is 30.3 Å². The van der Waals surface area contributed by atoms with Gasteiger partial charge in [0.2, 0.25) is 0 Å². The fourth-order valence-electron chi connectivity index (χ4n) is 1.61. The molecular formula is C13H11N3. The maximum atomic E-state index is 9.01. The number of nitriles is 1. The van der Waals surface area contributed by atoms with Crippen LogP contribution in [0, 0.1) is 11.3 Å². The van der Waals surface area contributed by atoms with Crippen molar-refractivity contribution in [3.8, 4) is 6.07 Å². The average Bonchev–Trinajstić information content (AvgIpc) is 2.31. The number of hydrogen-bond donors (Lipinski definition) is 1. The largest absolute Gasteiger partial charge is 0.383 e. The molecule has 3 nitrogen and oxygen atoms in total. The van der Waals surface area contributed by atoms with Gasteiger partial charge in [0.05, 0.1) is 5.56 Å². The second-order valence-electron chi connectivity index (χ2n) is 3.50. The van der Waals surface area contributed by atoms with E-state index in [1.54, 1.807) is 6.20 Å². The molecule has 0 aliphatic heterocycles. The van der Waals surface area contributed by atoms with Crippen LogP contribution in [0.4, 0.5) is 5.82 Å². The molecular weight excluding hydrogens is 198 g/mol. The molecule has 0 saturated carbocycles. The van der Waals surface area contributed by atoms with Crippen LogP contribution in [0.15, 0.2) is 42.6 Å². The number of rotatable bonds is 2. The highest BCUT2D eigenvalue weighted by Crippen LogP contribution is 2.16. The van der Waals surface area contributed by atoms with Gasteiger partial charge in [0.25, 0.3) is 0 Å². The first kappa shape index (κ1) is 10.2. The molecule has 0 unspecified atom stereocenters. The van der Waals surface area contributed by atoms with E-state index in [0.29, 0.717) is 17.8 Å². The molecule has 1 heterocycles. The summed E-state index contributed by atoms with van der Waals surface area (Å²) in [6.45, 7) is 0. The molecule has 2 N–H and O–H groups in total. The number of pyridine rings is 1. The van der Waals surface area contributed by atoms with E-state index in [-0.39, 0.29) is 0 Å². The third-order valence-corrected chi connectivity index (χ3v) is 2.42. The Balaban J connectivity index is 2.36. The summed E-state index contributed by atoms with van der Waals surface area (Å²) in [4.78, 5) is 3.91. The summed E-state index contributed by atoms with van der Waals surface area (Å²) < 4.78 is 0. The number of nitrogens with two attached hydrogens (primary N) is 1. The molecule has 0 amide bonds. The number of nitrogens with zero attached hydrogens (tertiary/aromatic N) is 2. The topological polar surface area (TPSA) is 62.7 Å². The Hall–Kier alpha value is -2.34. The molecule has 3 heteroatoms. The summed E-state index contributed by atoms with van der Waals surface area (Å²) in [6.07, 6.45) is 2.34. The van der Waals surface area contributed by atoms with Crippen molar-refractivity contribution in [2.24, 2.45) is 0 Å². The van der Waals surface area contributed by atoms with E-state index in [4.69, 9.17) is 11.0 Å². The zero-order chi connectivity index (χ0) is 11.4. The van der Waals surface area contributed by atoms with Gasteiger partial charge in [0, 0.05) is 6.20 Å². The molecule has 0 aliphatic rings. The minimum Gasteiger partial charge on any atom is -0.383 e. The quantitative estimate of drug-likeness (QED) is 0.824. The number of anilines is 1. The second kappa shape index (κ2) is 4.45. The molecule has 0 saturated heterocycles. The van der Waals surface area contributed by atoms with Crippen molar-refractivity contribution in [1.82, 2.24) is 4.98 Å². The predicted octanol–water partition coefficient (Wildman–Crippen LogP) is 2.13. The van der Waals surface area contributed by atoms with E-state index in [2.05, 4.69) is 11.1 Å². The molecule has 1 aromatic carbocycles. The van der Waals surface area contributed by atoms with Gasteiger partial charge >= 0.3 is 0 Å². The van der Waals surface area contributed by atoms with Gasteiger partial charge in [-0.3, -0.25) is 0 Å². The van der Waals surface area contributed by atoms with E-state index >= 15 is 0 Å². The first-order chi connectivity index (χ1) is 7.81. The molecule has 16 heavy (non-hydrogen) atoms. The van der Waals surface area contributed by atoms with Crippen molar-refractivity contribution in [2.75, 3.05) is 5.73 Å². The molecule has 0 fully saturated rings. The van der Waals surface area contributed by atoms with Crippen LogP contribution >= 0.6 is 0 Å². The van der Waals surface area contributed by atoms with Gasteiger partial charge in [-0.2, -0.15) is 5.26 Å². The van der Waals surface area contributed by atoms with Crippen LogP contribution in [0.5, 0.6) is 0 Å². The SMILES string of the molecule is N#Cc1c(Cc2ccccc2)ccnc1N. The number of aromatic nitrogens is 1. The van der Waals surface area contributed by atoms with Crippen LogP contribution in [-0.2, 0) is 6.42 Å².